The van der Waals surface area contributed by atoms with E-state index in [1.165, 1.54) is 5.57 Å². The minimum atomic E-state index is -0.345. The van der Waals surface area contributed by atoms with Gasteiger partial charge >= 0.3 is 6.09 Å². The van der Waals surface area contributed by atoms with Gasteiger partial charge in [-0.05, 0) is 40.0 Å². The fraction of sp³-hybridized carbons (Fsp3) is 0.833. The zero-order chi connectivity index (χ0) is 23.3. The number of likely N-dealkylation sites (tertiary alicyclic amines) is 1. The highest BCUT2D eigenvalue weighted by Gasteiger charge is 2.72. The molecule has 0 radical (unpaired) electrons. The third kappa shape index (κ3) is 4.41. The number of nitrogens with zero attached hydrogens (tertiary/aromatic N) is 2. The van der Waals surface area contributed by atoms with E-state index in [2.05, 4.69) is 26.8 Å². The molecule has 3 saturated heterocycles. The highest BCUT2D eigenvalue weighted by atomic mass is 16.6. The van der Waals surface area contributed by atoms with Crippen molar-refractivity contribution < 1.29 is 28.5 Å². The second-order valence-electron chi connectivity index (χ2n) is 10.6. The van der Waals surface area contributed by atoms with E-state index in [0.717, 1.165) is 12.8 Å². The summed E-state index contributed by atoms with van der Waals surface area (Å²) in [4.78, 5) is 27.9. The minimum Gasteiger partial charge on any atom is -0.443 e. The van der Waals surface area contributed by atoms with Gasteiger partial charge in [0.1, 0.15) is 23.4 Å². The van der Waals surface area contributed by atoms with Crippen molar-refractivity contribution >= 4 is 12.0 Å². The first kappa shape index (κ1) is 23.5. The number of allylic oxidation sites excluding steroid dienone is 1. The maximum absolute atomic E-state index is 12.8. The summed E-state index contributed by atoms with van der Waals surface area (Å²) in [6, 6.07) is 0. The van der Waals surface area contributed by atoms with Crippen LogP contribution in [0.4, 0.5) is 4.79 Å². The minimum absolute atomic E-state index is 0.0176. The van der Waals surface area contributed by atoms with Gasteiger partial charge in [0.05, 0.1) is 18.6 Å². The van der Waals surface area contributed by atoms with Gasteiger partial charge < -0.3 is 28.7 Å². The monoisotopic (exact) mass is 450 g/mol. The van der Waals surface area contributed by atoms with Gasteiger partial charge in [-0.3, -0.25) is 4.79 Å². The van der Waals surface area contributed by atoms with Crippen molar-refractivity contribution in [3.8, 4) is 0 Å². The van der Waals surface area contributed by atoms with Crippen molar-refractivity contribution in [1.29, 1.82) is 0 Å². The van der Waals surface area contributed by atoms with Gasteiger partial charge in [-0.1, -0.05) is 11.6 Å². The Hall–Kier alpha value is -1.64. The van der Waals surface area contributed by atoms with Crippen LogP contribution in [0.15, 0.2) is 11.6 Å². The molecule has 6 atom stereocenters. The molecule has 32 heavy (non-hydrogen) atoms. The van der Waals surface area contributed by atoms with E-state index in [1.54, 1.807) is 31.0 Å². The molecular weight excluding hydrogens is 412 g/mol. The van der Waals surface area contributed by atoms with Gasteiger partial charge in [-0.25, -0.2) is 4.79 Å². The Morgan fingerprint density at radius 3 is 2.50 bits per heavy atom. The molecule has 0 N–H and O–H groups in total. The number of hydrogen-bond acceptors (Lipinski definition) is 6. The summed E-state index contributed by atoms with van der Waals surface area (Å²) in [6.45, 7) is 8.16. The van der Waals surface area contributed by atoms with Crippen LogP contribution in [0.25, 0.3) is 0 Å². The molecule has 0 aromatic carbocycles. The second-order valence-corrected chi connectivity index (χ2v) is 10.6. The number of epoxide rings is 2. The van der Waals surface area contributed by atoms with E-state index >= 15 is 0 Å². The van der Waals surface area contributed by atoms with Crippen LogP contribution in [0.2, 0.25) is 0 Å². The number of amides is 2. The number of hydrogen-bond donors (Lipinski definition) is 0. The quantitative estimate of drug-likeness (QED) is 0.438. The number of rotatable bonds is 7. The molecule has 3 aliphatic heterocycles. The Bertz CT molecular complexity index is 768. The standard InChI is InChI=1S/C24H38N2O6/c1-15(2)7-8-18-23(3,32-18)21-20(29-6)17(9-10-24(21)14-30-24)31-22(28)26-12-16(13-26)11-19(27)25(4)5/h7,16-18,20-21H,8-14H2,1-6H3/t17?,18-,20?,21?,23+,24?/m1/s1. The molecule has 1 spiro atoms. The molecule has 4 fully saturated rings. The Labute approximate surface area is 191 Å². The molecule has 8 heteroatoms. The van der Waals surface area contributed by atoms with Crippen molar-refractivity contribution in [2.24, 2.45) is 11.8 Å². The Kier molecular flexibility index (Phi) is 6.33. The fourth-order valence-electron chi connectivity index (χ4n) is 5.55. The molecule has 1 saturated carbocycles. The van der Waals surface area contributed by atoms with Gasteiger partial charge in [0.15, 0.2) is 0 Å². The van der Waals surface area contributed by atoms with Crippen LogP contribution < -0.4 is 0 Å². The average molecular weight is 451 g/mol. The van der Waals surface area contributed by atoms with E-state index < -0.39 is 0 Å². The summed E-state index contributed by atoms with van der Waals surface area (Å²) in [6.07, 6.45) is 4.29. The largest absolute Gasteiger partial charge is 0.443 e. The Morgan fingerprint density at radius 2 is 1.94 bits per heavy atom. The van der Waals surface area contributed by atoms with Crippen molar-refractivity contribution in [3.63, 3.8) is 0 Å². The molecule has 3 heterocycles. The first-order valence-corrected chi connectivity index (χ1v) is 11.7. The number of ether oxygens (including phenoxy) is 4. The molecule has 0 aromatic heterocycles. The van der Waals surface area contributed by atoms with Gasteiger partial charge in [0, 0.05) is 46.6 Å². The predicted molar refractivity (Wildman–Crippen MR) is 118 cm³/mol. The van der Waals surface area contributed by atoms with Crippen LogP contribution in [-0.4, -0.2) is 92.2 Å². The topological polar surface area (TPSA) is 84.1 Å². The summed E-state index contributed by atoms with van der Waals surface area (Å²) >= 11 is 0. The third-order valence-electron chi connectivity index (χ3n) is 7.67. The maximum Gasteiger partial charge on any atom is 0.410 e. The predicted octanol–water partition coefficient (Wildman–Crippen LogP) is 2.61. The van der Waals surface area contributed by atoms with Crippen LogP contribution in [0.1, 0.15) is 46.5 Å². The Balaban J connectivity index is 1.37. The van der Waals surface area contributed by atoms with Crippen LogP contribution in [-0.2, 0) is 23.7 Å². The normalized spacial score (nSPS) is 38.1. The summed E-state index contributed by atoms with van der Waals surface area (Å²) in [5.74, 6) is 0.309. The summed E-state index contributed by atoms with van der Waals surface area (Å²) in [5, 5.41) is 0. The van der Waals surface area contributed by atoms with E-state index in [-0.39, 0.29) is 53.4 Å². The molecule has 1 aliphatic carbocycles. The zero-order valence-corrected chi connectivity index (χ0v) is 20.3. The van der Waals surface area contributed by atoms with Crippen LogP contribution in [0, 0.1) is 11.8 Å². The fourth-order valence-corrected chi connectivity index (χ4v) is 5.55. The summed E-state index contributed by atoms with van der Waals surface area (Å²) in [5.41, 5.74) is 0.703. The van der Waals surface area contributed by atoms with E-state index in [0.29, 0.717) is 32.5 Å². The molecular formula is C24H38N2O6. The average Bonchev–Trinajstić information content (AvgIpc) is 3.61. The van der Waals surface area contributed by atoms with Crippen molar-refractivity contribution in [1.82, 2.24) is 9.80 Å². The van der Waals surface area contributed by atoms with Gasteiger partial charge in [-0.2, -0.15) is 0 Å². The SMILES string of the molecule is COC1C(OC(=O)N2CC(CC(=O)N(C)C)C2)CCC2(CO2)C1[C@@]1(C)O[C@@H]1CC=C(C)C. The Morgan fingerprint density at radius 1 is 1.25 bits per heavy atom. The van der Waals surface area contributed by atoms with Crippen molar-refractivity contribution in [3.05, 3.63) is 11.6 Å². The van der Waals surface area contributed by atoms with E-state index in [4.69, 9.17) is 18.9 Å². The summed E-state index contributed by atoms with van der Waals surface area (Å²) in [7, 11) is 5.19. The van der Waals surface area contributed by atoms with Crippen LogP contribution in [0.5, 0.6) is 0 Å². The first-order valence-electron chi connectivity index (χ1n) is 11.7. The molecule has 4 unspecified atom stereocenters. The zero-order valence-electron chi connectivity index (χ0n) is 20.3. The lowest BCUT2D eigenvalue weighted by Gasteiger charge is -2.44. The molecule has 2 amide bonds. The highest BCUT2D eigenvalue weighted by molar-refractivity contribution is 5.76. The van der Waals surface area contributed by atoms with E-state index in [1.807, 2.05) is 0 Å². The maximum atomic E-state index is 12.8. The lowest BCUT2D eigenvalue weighted by molar-refractivity contribution is -0.132. The van der Waals surface area contributed by atoms with Crippen LogP contribution >= 0.6 is 0 Å². The molecule has 4 aliphatic rings. The molecule has 4 rings (SSSR count). The number of carbonyl (C=O) groups is 2. The number of methoxy groups -OCH3 is 1. The van der Waals surface area contributed by atoms with Crippen LogP contribution in [0.3, 0.4) is 0 Å². The molecule has 0 aromatic rings. The first-order chi connectivity index (χ1) is 15.1. The van der Waals surface area contributed by atoms with E-state index in [9.17, 15) is 9.59 Å². The highest BCUT2D eigenvalue weighted by Crippen LogP contribution is 2.59. The van der Waals surface area contributed by atoms with Crippen molar-refractivity contribution in [2.75, 3.05) is 40.9 Å². The van der Waals surface area contributed by atoms with Gasteiger partial charge in [0.2, 0.25) is 5.91 Å². The van der Waals surface area contributed by atoms with Crippen molar-refractivity contribution in [2.45, 2.75) is 76.0 Å². The molecule has 180 valence electrons. The smallest absolute Gasteiger partial charge is 0.410 e. The number of carbonyl (C=O) groups excluding carboxylic acids is 2. The van der Waals surface area contributed by atoms with Gasteiger partial charge in [0.25, 0.3) is 0 Å². The lowest BCUT2D eigenvalue weighted by Crippen LogP contribution is -2.57. The summed E-state index contributed by atoms with van der Waals surface area (Å²) < 4.78 is 24.1. The third-order valence-corrected chi connectivity index (χ3v) is 7.67. The van der Waals surface area contributed by atoms with Gasteiger partial charge in [-0.15, -0.1) is 0 Å². The lowest BCUT2D eigenvalue weighted by atomic mass is 9.68. The second kappa shape index (κ2) is 8.61. The molecule has 0 bridgehead atoms. The molecule has 8 nitrogen and oxygen atoms in total.